The van der Waals surface area contributed by atoms with Gasteiger partial charge in [0, 0.05) is 25.2 Å². The van der Waals surface area contributed by atoms with Crippen LogP contribution in [0, 0.1) is 5.92 Å². The quantitative estimate of drug-likeness (QED) is 0.611. The van der Waals surface area contributed by atoms with Gasteiger partial charge >= 0.3 is 0 Å². The van der Waals surface area contributed by atoms with Gasteiger partial charge in [-0.3, -0.25) is 0 Å². The Morgan fingerprint density at radius 3 is 2.69 bits per heavy atom. The molecule has 1 rings (SSSR count). The zero-order valence-corrected chi connectivity index (χ0v) is 9.16. The van der Waals surface area contributed by atoms with Crippen molar-refractivity contribution in [2.45, 2.75) is 38.6 Å². The van der Waals surface area contributed by atoms with Gasteiger partial charge in [-0.2, -0.15) is 0 Å². The highest BCUT2D eigenvalue weighted by atomic mass is 15.1. The SMILES string of the molecule is CCN(C)[C@H]1CCCCC1C=NC. The molecule has 13 heavy (non-hydrogen) atoms. The Kier molecular flexibility index (Phi) is 4.43. The molecular formula is C11H22N2. The maximum Gasteiger partial charge on any atom is 0.0273 e. The summed E-state index contributed by atoms with van der Waals surface area (Å²) in [7, 11) is 4.12. The number of rotatable bonds is 3. The Morgan fingerprint density at radius 2 is 2.08 bits per heavy atom. The van der Waals surface area contributed by atoms with E-state index in [1.165, 1.54) is 25.7 Å². The molecule has 0 aromatic heterocycles. The highest BCUT2D eigenvalue weighted by molar-refractivity contribution is 5.61. The second kappa shape index (κ2) is 5.38. The topological polar surface area (TPSA) is 15.6 Å². The van der Waals surface area contributed by atoms with E-state index in [4.69, 9.17) is 0 Å². The molecule has 76 valence electrons. The zero-order chi connectivity index (χ0) is 9.68. The first-order valence-electron chi connectivity index (χ1n) is 5.42. The lowest BCUT2D eigenvalue weighted by atomic mass is 9.84. The first-order chi connectivity index (χ1) is 6.29. The molecule has 1 saturated carbocycles. The van der Waals surface area contributed by atoms with Crippen LogP contribution in [0.3, 0.4) is 0 Å². The molecular weight excluding hydrogens is 160 g/mol. The van der Waals surface area contributed by atoms with Crippen molar-refractivity contribution in [3.8, 4) is 0 Å². The molecule has 2 atom stereocenters. The summed E-state index contributed by atoms with van der Waals surface area (Å²) in [5.74, 6) is 0.698. The van der Waals surface area contributed by atoms with Crippen molar-refractivity contribution in [3.63, 3.8) is 0 Å². The zero-order valence-electron chi connectivity index (χ0n) is 9.16. The summed E-state index contributed by atoms with van der Waals surface area (Å²) in [5, 5.41) is 0. The fourth-order valence-electron chi connectivity index (χ4n) is 2.29. The lowest BCUT2D eigenvalue weighted by Crippen LogP contribution is -2.40. The Morgan fingerprint density at radius 1 is 1.38 bits per heavy atom. The average molecular weight is 182 g/mol. The van der Waals surface area contributed by atoms with Crippen molar-refractivity contribution >= 4 is 6.21 Å². The van der Waals surface area contributed by atoms with Gasteiger partial charge in [0.25, 0.3) is 0 Å². The summed E-state index contributed by atoms with van der Waals surface area (Å²) in [6.07, 6.45) is 7.59. The van der Waals surface area contributed by atoms with Crippen molar-refractivity contribution in [2.75, 3.05) is 20.6 Å². The van der Waals surface area contributed by atoms with Crippen molar-refractivity contribution < 1.29 is 0 Å². The molecule has 1 aliphatic carbocycles. The van der Waals surface area contributed by atoms with Gasteiger partial charge in [-0.05, 0) is 26.4 Å². The maximum atomic E-state index is 4.17. The van der Waals surface area contributed by atoms with E-state index in [2.05, 4.69) is 30.1 Å². The van der Waals surface area contributed by atoms with Crippen LogP contribution in [0.1, 0.15) is 32.6 Å². The molecule has 0 heterocycles. The summed E-state index contributed by atoms with van der Waals surface area (Å²) in [6.45, 7) is 3.38. The summed E-state index contributed by atoms with van der Waals surface area (Å²) in [6, 6.07) is 0.738. The Labute approximate surface area is 82.0 Å². The number of aliphatic imine (C=N–C) groups is 1. The molecule has 0 spiro atoms. The highest BCUT2D eigenvalue weighted by Gasteiger charge is 2.25. The molecule has 0 aromatic carbocycles. The van der Waals surface area contributed by atoms with E-state index >= 15 is 0 Å². The van der Waals surface area contributed by atoms with Crippen molar-refractivity contribution in [3.05, 3.63) is 0 Å². The minimum Gasteiger partial charge on any atom is -0.303 e. The number of hydrogen-bond donors (Lipinski definition) is 0. The van der Waals surface area contributed by atoms with Crippen molar-refractivity contribution in [1.29, 1.82) is 0 Å². The second-order valence-electron chi connectivity index (χ2n) is 4.00. The van der Waals surface area contributed by atoms with Gasteiger partial charge in [0.05, 0.1) is 0 Å². The highest BCUT2D eigenvalue weighted by Crippen LogP contribution is 2.26. The largest absolute Gasteiger partial charge is 0.303 e. The van der Waals surface area contributed by atoms with Crippen LogP contribution in [0.4, 0.5) is 0 Å². The van der Waals surface area contributed by atoms with Crippen LogP contribution in [-0.4, -0.2) is 37.8 Å². The van der Waals surface area contributed by atoms with E-state index < -0.39 is 0 Å². The van der Waals surface area contributed by atoms with Gasteiger partial charge in [-0.25, -0.2) is 0 Å². The van der Waals surface area contributed by atoms with Crippen molar-refractivity contribution in [1.82, 2.24) is 4.90 Å². The van der Waals surface area contributed by atoms with E-state index in [1.54, 1.807) is 0 Å². The Bertz CT molecular complexity index is 165. The monoisotopic (exact) mass is 182 g/mol. The van der Waals surface area contributed by atoms with E-state index in [-0.39, 0.29) is 0 Å². The molecule has 0 radical (unpaired) electrons. The van der Waals surface area contributed by atoms with Gasteiger partial charge in [-0.15, -0.1) is 0 Å². The molecule has 0 aliphatic heterocycles. The number of hydrogen-bond acceptors (Lipinski definition) is 2. The maximum absolute atomic E-state index is 4.17. The molecule has 1 unspecified atom stereocenters. The molecule has 0 aromatic rings. The van der Waals surface area contributed by atoms with Gasteiger partial charge in [0.1, 0.15) is 0 Å². The van der Waals surface area contributed by atoms with E-state index in [0.717, 1.165) is 12.6 Å². The van der Waals surface area contributed by atoms with Gasteiger partial charge in [0.15, 0.2) is 0 Å². The predicted molar refractivity (Wildman–Crippen MR) is 58.5 cm³/mol. The first-order valence-corrected chi connectivity index (χ1v) is 5.42. The van der Waals surface area contributed by atoms with E-state index in [1.807, 2.05) is 7.05 Å². The van der Waals surface area contributed by atoms with Crippen LogP contribution in [0.5, 0.6) is 0 Å². The van der Waals surface area contributed by atoms with Crippen LogP contribution >= 0.6 is 0 Å². The third-order valence-electron chi connectivity index (χ3n) is 3.19. The smallest absolute Gasteiger partial charge is 0.0273 e. The predicted octanol–water partition coefficient (Wildman–Crippen LogP) is 2.20. The summed E-state index contributed by atoms with van der Waals surface area (Å²) >= 11 is 0. The third-order valence-corrected chi connectivity index (χ3v) is 3.19. The number of nitrogens with zero attached hydrogens (tertiary/aromatic N) is 2. The van der Waals surface area contributed by atoms with Crippen LogP contribution in [0.15, 0.2) is 4.99 Å². The Hall–Kier alpha value is -0.370. The lowest BCUT2D eigenvalue weighted by molar-refractivity contribution is 0.172. The fourth-order valence-corrected chi connectivity index (χ4v) is 2.29. The second-order valence-corrected chi connectivity index (χ2v) is 4.00. The minimum atomic E-state index is 0.698. The molecule has 2 heteroatoms. The van der Waals surface area contributed by atoms with E-state index in [0.29, 0.717) is 5.92 Å². The van der Waals surface area contributed by atoms with E-state index in [9.17, 15) is 0 Å². The summed E-state index contributed by atoms with van der Waals surface area (Å²) in [4.78, 5) is 6.64. The van der Waals surface area contributed by atoms with Gasteiger partial charge in [-0.1, -0.05) is 19.8 Å². The molecule has 1 aliphatic rings. The fraction of sp³-hybridized carbons (Fsp3) is 0.909. The standard InChI is InChI=1S/C11H22N2/c1-4-13(3)11-8-6-5-7-10(11)9-12-2/h9-11H,4-8H2,1-3H3/t10?,11-/m0/s1. The van der Waals surface area contributed by atoms with Crippen LogP contribution in [0.25, 0.3) is 0 Å². The molecule has 0 N–H and O–H groups in total. The lowest BCUT2D eigenvalue weighted by Gasteiger charge is -2.35. The molecule has 0 saturated heterocycles. The molecule has 1 fully saturated rings. The Balaban J connectivity index is 2.55. The molecule has 0 amide bonds. The molecule has 0 bridgehead atoms. The summed E-state index contributed by atoms with van der Waals surface area (Å²) < 4.78 is 0. The average Bonchev–Trinajstić information content (AvgIpc) is 2.18. The normalized spacial score (nSPS) is 30.2. The van der Waals surface area contributed by atoms with Gasteiger partial charge in [0.2, 0.25) is 0 Å². The minimum absolute atomic E-state index is 0.698. The van der Waals surface area contributed by atoms with Crippen LogP contribution < -0.4 is 0 Å². The van der Waals surface area contributed by atoms with Crippen LogP contribution in [0.2, 0.25) is 0 Å². The third kappa shape index (κ3) is 2.80. The molecule has 2 nitrogen and oxygen atoms in total. The van der Waals surface area contributed by atoms with Crippen LogP contribution in [-0.2, 0) is 0 Å². The summed E-state index contributed by atoms with van der Waals surface area (Å²) in [5.41, 5.74) is 0. The van der Waals surface area contributed by atoms with Crippen molar-refractivity contribution in [2.24, 2.45) is 10.9 Å². The van der Waals surface area contributed by atoms with Gasteiger partial charge < -0.3 is 9.89 Å². The first kappa shape index (κ1) is 10.7.